The van der Waals surface area contributed by atoms with Crippen molar-refractivity contribution in [3.05, 3.63) is 18.2 Å². The van der Waals surface area contributed by atoms with Crippen molar-refractivity contribution in [1.29, 1.82) is 0 Å². The number of aliphatic hydroxyl groups excluding tert-OH is 1. The summed E-state index contributed by atoms with van der Waals surface area (Å²) < 4.78 is 10.3. The minimum Gasteiger partial charge on any atom is -0.454 e. The molecule has 1 heterocycles. The third-order valence-corrected chi connectivity index (χ3v) is 2.00. The van der Waals surface area contributed by atoms with E-state index in [9.17, 15) is 4.79 Å². The monoisotopic (exact) mass is 209 g/mol. The lowest BCUT2D eigenvalue weighted by Crippen LogP contribution is -2.12. The van der Waals surface area contributed by atoms with Crippen molar-refractivity contribution in [3.8, 4) is 11.5 Å². The minimum absolute atomic E-state index is 0.0917. The Kier molecular flexibility index (Phi) is 2.73. The minimum atomic E-state index is -0.226. The predicted octanol–water partition coefficient (Wildman–Crippen LogP) is 0.736. The summed E-state index contributed by atoms with van der Waals surface area (Å²) in [5.41, 5.74) is 0.637. The Balaban J connectivity index is 2.06. The third kappa shape index (κ3) is 2.19. The zero-order valence-corrected chi connectivity index (χ0v) is 8.03. The Bertz CT molecular complexity index is 378. The van der Waals surface area contributed by atoms with Gasteiger partial charge in [0.25, 0.3) is 0 Å². The Morgan fingerprint density at radius 2 is 2.20 bits per heavy atom. The molecule has 0 atom stereocenters. The third-order valence-electron chi connectivity index (χ3n) is 2.00. The number of carbonyl (C=O) groups is 1. The molecule has 0 aliphatic carbocycles. The Morgan fingerprint density at radius 1 is 1.40 bits per heavy atom. The van der Waals surface area contributed by atoms with Crippen LogP contribution >= 0.6 is 0 Å². The van der Waals surface area contributed by atoms with Crippen LogP contribution in [-0.4, -0.2) is 24.4 Å². The fourth-order valence-corrected chi connectivity index (χ4v) is 1.30. The second kappa shape index (κ2) is 4.18. The Labute approximate surface area is 86.6 Å². The quantitative estimate of drug-likeness (QED) is 0.770. The van der Waals surface area contributed by atoms with Crippen molar-refractivity contribution >= 4 is 11.6 Å². The molecule has 0 saturated carbocycles. The van der Waals surface area contributed by atoms with Gasteiger partial charge in [-0.05, 0) is 12.1 Å². The van der Waals surface area contributed by atoms with E-state index >= 15 is 0 Å². The van der Waals surface area contributed by atoms with Crippen molar-refractivity contribution in [2.24, 2.45) is 0 Å². The molecule has 0 radical (unpaired) electrons. The highest BCUT2D eigenvalue weighted by molar-refractivity contribution is 5.91. The smallest absolute Gasteiger partial charge is 0.231 e. The van der Waals surface area contributed by atoms with Gasteiger partial charge in [0.1, 0.15) is 0 Å². The largest absolute Gasteiger partial charge is 0.454 e. The van der Waals surface area contributed by atoms with Crippen LogP contribution in [0.3, 0.4) is 0 Å². The van der Waals surface area contributed by atoms with Crippen molar-refractivity contribution < 1.29 is 19.4 Å². The van der Waals surface area contributed by atoms with Crippen molar-refractivity contribution in [1.82, 2.24) is 0 Å². The summed E-state index contributed by atoms with van der Waals surface area (Å²) in [4.78, 5) is 11.2. The number of benzene rings is 1. The lowest BCUT2D eigenvalue weighted by atomic mass is 10.2. The van der Waals surface area contributed by atoms with Gasteiger partial charge in [0, 0.05) is 11.8 Å². The molecule has 1 aliphatic rings. The highest BCUT2D eigenvalue weighted by Crippen LogP contribution is 2.34. The normalized spacial score (nSPS) is 12.6. The number of amides is 1. The van der Waals surface area contributed by atoms with Crippen LogP contribution in [0.2, 0.25) is 0 Å². The topological polar surface area (TPSA) is 67.8 Å². The second-order valence-corrected chi connectivity index (χ2v) is 3.09. The summed E-state index contributed by atoms with van der Waals surface area (Å²) in [7, 11) is 0. The number of nitrogens with one attached hydrogen (secondary N) is 1. The van der Waals surface area contributed by atoms with Crippen LogP contribution in [0.5, 0.6) is 11.5 Å². The maximum atomic E-state index is 11.2. The number of ether oxygens (including phenoxy) is 2. The molecule has 0 aromatic heterocycles. The van der Waals surface area contributed by atoms with Gasteiger partial charge in [0.05, 0.1) is 13.0 Å². The summed E-state index contributed by atoms with van der Waals surface area (Å²) in [6.45, 7) is 0.0553. The van der Waals surface area contributed by atoms with E-state index in [0.29, 0.717) is 17.2 Å². The molecule has 1 aromatic rings. The van der Waals surface area contributed by atoms with E-state index in [1.165, 1.54) is 0 Å². The molecule has 5 heteroatoms. The number of anilines is 1. The molecule has 1 amide bonds. The predicted molar refractivity (Wildman–Crippen MR) is 52.9 cm³/mol. The first kappa shape index (κ1) is 9.79. The molecule has 1 aliphatic heterocycles. The van der Waals surface area contributed by atoms with E-state index < -0.39 is 0 Å². The SMILES string of the molecule is O=C(CCO)Nc1ccc2c(c1)OCO2. The number of hydrogen-bond acceptors (Lipinski definition) is 4. The van der Waals surface area contributed by atoms with Crippen LogP contribution in [0.15, 0.2) is 18.2 Å². The number of hydrogen-bond donors (Lipinski definition) is 2. The van der Waals surface area contributed by atoms with Crippen molar-refractivity contribution in [2.45, 2.75) is 6.42 Å². The molecule has 80 valence electrons. The number of carbonyl (C=O) groups excluding carboxylic acids is 1. The molecule has 2 N–H and O–H groups in total. The number of rotatable bonds is 3. The average molecular weight is 209 g/mol. The maximum Gasteiger partial charge on any atom is 0.231 e. The van der Waals surface area contributed by atoms with Crippen LogP contribution in [0.4, 0.5) is 5.69 Å². The molecule has 0 spiro atoms. The fourth-order valence-electron chi connectivity index (χ4n) is 1.30. The van der Waals surface area contributed by atoms with Gasteiger partial charge in [-0.15, -0.1) is 0 Å². The van der Waals surface area contributed by atoms with Crippen LogP contribution in [0, 0.1) is 0 Å². The Hall–Kier alpha value is -1.75. The van der Waals surface area contributed by atoms with E-state index in [2.05, 4.69) is 5.32 Å². The van der Waals surface area contributed by atoms with Gasteiger partial charge < -0.3 is 19.9 Å². The van der Waals surface area contributed by atoms with Crippen LogP contribution in [0.25, 0.3) is 0 Å². The zero-order valence-electron chi connectivity index (χ0n) is 8.03. The molecule has 0 bridgehead atoms. The van der Waals surface area contributed by atoms with Crippen LogP contribution in [0.1, 0.15) is 6.42 Å². The van der Waals surface area contributed by atoms with Gasteiger partial charge in [-0.3, -0.25) is 4.79 Å². The van der Waals surface area contributed by atoms with Crippen LogP contribution < -0.4 is 14.8 Å². The Morgan fingerprint density at radius 3 is 3.00 bits per heavy atom. The van der Waals surface area contributed by atoms with E-state index in [1.54, 1.807) is 18.2 Å². The van der Waals surface area contributed by atoms with Gasteiger partial charge in [0.2, 0.25) is 12.7 Å². The highest BCUT2D eigenvalue weighted by atomic mass is 16.7. The molecule has 0 unspecified atom stereocenters. The first-order valence-electron chi connectivity index (χ1n) is 4.60. The molecule has 1 aromatic carbocycles. The van der Waals surface area contributed by atoms with Crippen molar-refractivity contribution in [2.75, 3.05) is 18.7 Å². The lowest BCUT2D eigenvalue weighted by molar-refractivity contribution is -0.116. The molecule has 15 heavy (non-hydrogen) atoms. The first-order valence-corrected chi connectivity index (χ1v) is 4.60. The molecular formula is C10H11NO4. The van der Waals surface area contributed by atoms with Gasteiger partial charge in [-0.1, -0.05) is 0 Å². The molecule has 2 rings (SSSR count). The summed E-state index contributed by atoms with van der Waals surface area (Å²) in [6, 6.07) is 5.15. The van der Waals surface area contributed by atoms with Gasteiger partial charge in [-0.25, -0.2) is 0 Å². The second-order valence-electron chi connectivity index (χ2n) is 3.09. The molecule has 5 nitrogen and oxygen atoms in total. The highest BCUT2D eigenvalue weighted by Gasteiger charge is 2.13. The summed E-state index contributed by atoms with van der Waals surface area (Å²) in [5, 5.41) is 11.2. The lowest BCUT2D eigenvalue weighted by Gasteiger charge is -2.04. The molecule has 0 fully saturated rings. The van der Waals surface area contributed by atoms with E-state index in [0.717, 1.165) is 0 Å². The van der Waals surface area contributed by atoms with Gasteiger partial charge >= 0.3 is 0 Å². The summed E-state index contributed by atoms with van der Waals surface area (Å²) in [5.74, 6) is 1.07. The van der Waals surface area contributed by atoms with Gasteiger partial charge in [-0.2, -0.15) is 0 Å². The molecule has 0 saturated heterocycles. The van der Waals surface area contributed by atoms with Crippen LogP contribution in [-0.2, 0) is 4.79 Å². The van der Waals surface area contributed by atoms with E-state index in [-0.39, 0.29) is 25.7 Å². The zero-order chi connectivity index (χ0) is 10.7. The maximum absolute atomic E-state index is 11.2. The molecular weight excluding hydrogens is 198 g/mol. The fraction of sp³-hybridized carbons (Fsp3) is 0.300. The first-order chi connectivity index (χ1) is 7.29. The number of fused-ring (bicyclic) bond motifs is 1. The summed E-state index contributed by atoms with van der Waals surface area (Å²) in [6.07, 6.45) is 0.0917. The van der Waals surface area contributed by atoms with Crippen molar-refractivity contribution in [3.63, 3.8) is 0 Å². The number of aliphatic hydroxyl groups is 1. The average Bonchev–Trinajstić information content (AvgIpc) is 2.65. The standard InChI is InChI=1S/C10H11NO4/c12-4-3-10(13)11-7-1-2-8-9(5-7)15-6-14-8/h1-2,5,12H,3-4,6H2,(H,11,13). The summed E-state index contributed by atoms with van der Waals surface area (Å²) >= 11 is 0. The van der Waals surface area contributed by atoms with E-state index in [4.69, 9.17) is 14.6 Å². The van der Waals surface area contributed by atoms with E-state index in [1.807, 2.05) is 0 Å². The van der Waals surface area contributed by atoms with Gasteiger partial charge in [0.15, 0.2) is 11.5 Å².